The van der Waals surface area contributed by atoms with Gasteiger partial charge < -0.3 is 9.32 Å². The van der Waals surface area contributed by atoms with Gasteiger partial charge in [-0.3, -0.25) is 9.89 Å². The van der Waals surface area contributed by atoms with E-state index in [1.165, 1.54) is 43.8 Å². The predicted molar refractivity (Wildman–Crippen MR) is 93.0 cm³/mol. The highest BCUT2D eigenvalue weighted by molar-refractivity contribution is 7.98. The van der Waals surface area contributed by atoms with Gasteiger partial charge in [-0.1, -0.05) is 11.8 Å². The zero-order valence-corrected chi connectivity index (χ0v) is 14.9. The molecule has 4 fully saturated rings. The molecule has 6 rings (SSSR count). The summed E-state index contributed by atoms with van der Waals surface area (Å²) in [5.41, 5.74) is 0. The topological polar surface area (TPSA) is 75.0 Å². The maximum Gasteiger partial charge on any atom is 0.289 e. The average Bonchev–Trinajstić information content (AvgIpc) is 3.40. The number of rotatable bonds is 4. The summed E-state index contributed by atoms with van der Waals surface area (Å²) in [4.78, 5) is 19.0. The van der Waals surface area contributed by atoms with Gasteiger partial charge in [0, 0.05) is 13.1 Å². The fraction of sp³-hybridized carbons (Fsp3) is 0.611. The molecule has 2 aromatic rings. The predicted octanol–water partition coefficient (Wildman–Crippen LogP) is 3.20. The van der Waals surface area contributed by atoms with E-state index in [-0.39, 0.29) is 5.91 Å². The molecule has 132 valence electrons. The number of carbonyl (C=O) groups excluding carboxylic acids is 1. The molecule has 1 amide bonds. The Morgan fingerprint density at radius 1 is 1.20 bits per heavy atom. The molecule has 0 aromatic carbocycles. The number of furan rings is 1. The number of likely N-dealkylation sites (tertiary alicyclic amines) is 1. The minimum absolute atomic E-state index is 0.0599. The van der Waals surface area contributed by atoms with Crippen molar-refractivity contribution in [2.75, 3.05) is 13.1 Å². The summed E-state index contributed by atoms with van der Waals surface area (Å²) < 4.78 is 5.80. The smallest absolute Gasteiger partial charge is 0.289 e. The van der Waals surface area contributed by atoms with E-state index in [0.717, 1.165) is 47.7 Å². The first-order valence-corrected chi connectivity index (χ1v) is 10.1. The Morgan fingerprint density at radius 2 is 1.92 bits per heavy atom. The van der Waals surface area contributed by atoms with Gasteiger partial charge in [0.1, 0.15) is 12.1 Å². The number of carbonyl (C=O) groups is 1. The number of aromatic amines is 1. The zero-order valence-electron chi connectivity index (χ0n) is 14.1. The average molecular weight is 358 g/mol. The number of hydrogen-bond acceptors (Lipinski definition) is 5. The van der Waals surface area contributed by atoms with E-state index < -0.39 is 0 Å². The second-order valence-corrected chi connectivity index (χ2v) is 8.52. The summed E-state index contributed by atoms with van der Waals surface area (Å²) in [6.45, 7) is 1.85. The van der Waals surface area contributed by atoms with Crippen LogP contribution in [0, 0.1) is 23.7 Å². The molecule has 4 aliphatic rings. The van der Waals surface area contributed by atoms with Crippen LogP contribution in [0.2, 0.25) is 0 Å². The molecule has 2 atom stereocenters. The van der Waals surface area contributed by atoms with Crippen LogP contribution in [0.4, 0.5) is 0 Å². The van der Waals surface area contributed by atoms with Gasteiger partial charge in [0.2, 0.25) is 0 Å². The molecule has 25 heavy (non-hydrogen) atoms. The molecule has 0 spiro atoms. The van der Waals surface area contributed by atoms with Crippen molar-refractivity contribution in [3.63, 3.8) is 0 Å². The number of aromatic nitrogens is 3. The van der Waals surface area contributed by atoms with Crippen LogP contribution < -0.4 is 0 Å². The molecule has 1 N–H and O–H groups in total. The van der Waals surface area contributed by atoms with E-state index in [1.54, 1.807) is 0 Å². The Kier molecular flexibility index (Phi) is 3.84. The lowest BCUT2D eigenvalue weighted by Crippen LogP contribution is -2.38. The Labute approximate surface area is 150 Å². The molecule has 3 heterocycles. The summed E-state index contributed by atoms with van der Waals surface area (Å²) in [6, 6.07) is 3.71. The summed E-state index contributed by atoms with van der Waals surface area (Å²) in [5, 5.41) is 7.39. The third kappa shape index (κ3) is 2.78. The third-order valence-corrected chi connectivity index (χ3v) is 7.24. The van der Waals surface area contributed by atoms with E-state index in [1.807, 2.05) is 17.0 Å². The van der Waals surface area contributed by atoms with Gasteiger partial charge in [0.15, 0.2) is 10.9 Å². The van der Waals surface area contributed by atoms with Gasteiger partial charge in [-0.15, -0.1) is 0 Å². The number of nitrogens with one attached hydrogen (secondary N) is 1. The van der Waals surface area contributed by atoms with Gasteiger partial charge in [-0.2, -0.15) is 5.10 Å². The van der Waals surface area contributed by atoms with Gasteiger partial charge >= 0.3 is 0 Å². The molecule has 1 aliphatic heterocycles. The van der Waals surface area contributed by atoms with Crippen molar-refractivity contribution in [3.05, 3.63) is 30.0 Å². The number of hydrogen-bond donors (Lipinski definition) is 1. The van der Waals surface area contributed by atoms with Gasteiger partial charge in [0.25, 0.3) is 5.91 Å². The number of thioether (sulfide) groups is 1. The SMILES string of the molecule is O=C(c1ccc(CSc2ncn[nH]2)o1)N1C[C@@H]2C3CCC(CC3)[C@@H]2C1. The molecular formula is C18H22N4O2S. The quantitative estimate of drug-likeness (QED) is 0.850. The Bertz CT molecular complexity index is 731. The highest BCUT2D eigenvalue weighted by Gasteiger charge is 2.49. The minimum atomic E-state index is 0.0599. The number of H-pyrrole nitrogens is 1. The van der Waals surface area contributed by atoms with E-state index >= 15 is 0 Å². The first-order valence-electron chi connectivity index (χ1n) is 9.14. The van der Waals surface area contributed by atoms with Crippen molar-refractivity contribution >= 4 is 17.7 Å². The van der Waals surface area contributed by atoms with Crippen molar-refractivity contribution in [2.45, 2.75) is 36.6 Å². The van der Waals surface area contributed by atoms with E-state index in [0.29, 0.717) is 11.5 Å². The lowest BCUT2D eigenvalue weighted by atomic mass is 9.60. The van der Waals surface area contributed by atoms with Crippen LogP contribution in [0.15, 0.2) is 28.0 Å². The van der Waals surface area contributed by atoms with Crippen LogP contribution >= 0.6 is 11.8 Å². The lowest BCUT2D eigenvalue weighted by Gasteiger charge is -2.44. The highest BCUT2D eigenvalue weighted by atomic mass is 32.2. The molecule has 2 aromatic heterocycles. The van der Waals surface area contributed by atoms with E-state index in [4.69, 9.17) is 4.42 Å². The van der Waals surface area contributed by atoms with Gasteiger partial charge in [-0.05, 0) is 61.5 Å². The Hall–Kier alpha value is -1.76. The fourth-order valence-corrected chi connectivity index (χ4v) is 5.82. The van der Waals surface area contributed by atoms with Crippen molar-refractivity contribution in [1.29, 1.82) is 0 Å². The molecule has 0 unspecified atom stereocenters. The second kappa shape index (κ2) is 6.20. The molecule has 2 bridgehead atoms. The van der Waals surface area contributed by atoms with Crippen molar-refractivity contribution in [3.8, 4) is 0 Å². The van der Waals surface area contributed by atoms with Gasteiger partial charge in [-0.25, -0.2) is 4.98 Å². The van der Waals surface area contributed by atoms with Crippen LogP contribution in [0.1, 0.15) is 42.0 Å². The Morgan fingerprint density at radius 3 is 2.56 bits per heavy atom. The first kappa shape index (κ1) is 15.5. The lowest BCUT2D eigenvalue weighted by molar-refractivity contribution is 0.0577. The number of amides is 1. The first-order chi connectivity index (χ1) is 12.3. The van der Waals surface area contributed by atoms with Crippen LogP contribution in [0.3, 0.4) is 0 Å². The highest BCUT2D eigenvalue weighted by Crippen LogP contribution is 2.51. The van der Waals surface area contributed by atoms with E-state index in [2.05, 4.69) is 15.2 Å². The van der Waals surface area contributed by atoms with E-state index in [9.17, 15) is 4.79 Å². The minimum Gasteiger partial charge on any atom is -0.455 e. The maximum atomic E-state index is 12.9. The molecule has 3 saturated carbocycles. The summed E-state index contributed by atoms with van der Waals surface area (Å²) in [7, 11) is 0. The molecule has 6 nitrogen and oxygen atoms in total. The van der Waals surface area contributed by atoms with Crippen LogP contribution in [-0.2, 0) is 5.75 Å². The Balaban J connectivity index is 1.24. The van der Waals surface area contributed by atoms with Crippen LogP contribution in [0.5, 0.6) is 0 Å². The summed E-state index contributed by atoms with van der Waals surface area (Å²) in [5.74, 6) is 5.11. The molecule has 0 radical (unpaired) electrons. The molecule has 3 aliphatic carbocycles. The standard InChI is InChI=1S/C18H22N4O2S/c23-17(16-6-5-13(24-16)9-25-18-19-10-20-21-18)22-7-14-11-1-2-12(4-3-11)15(14)8-22/h5-6,10-12,14-15H,1-4,7-9H2,(H,19,20,21)/t11?,12?,14-,15+. The fourth-order valence-electron chi connectivity index (χ4n) is 5.15. The van der Waals surface area contributed by atoms with Crippen molar-refractivity contribution in [2.24, 2.45) is 23.7 Å². The molecule has 7 heteroatoms. The molecule has 1 saturated heterocycles. The maximum absolute atomic E-state index is 12.9. The second-order valence-electron chi connectivity index (χ2n) is 7.56. The van der Waals surface area contributed by atoms with Gasteiger partial charge in [0.05, 0.1) is 5.75 Å². The molecular weight excluding hydrogens is 336 g/mol. The monoisotopic (exact) mass is 358 g/mol. The van der Waals surface area contributed by atoms with Crippen molar-refractivity contribution < 1.29 is 9.21 Å². The normalized spacial score (nSPS) is 30.6. The largest absolute Gasteiger partial charge is 0.455 e. The third-order valence-electron chi connectivity index (χ3n) is 6.34. The summed E-state index contributed by atoms with van der Waals surface area (Å²) in [6.07, 6.45) is 6.98. The van der Waals surface area contributed by atoms with Crippen LogP contribution in [-0.4, -0.2) is 39.1 Å². The number of nitrogens with zero attached hydrogens (tertiary/aromatic N) is 3. The zero-order chi connectivity index (χ0) is 16.8. The number of fused-ring (bicyclic) bond motifs is 2. The van der Waals surface area contributed by atoms with Crippen molar-refractivity contribution in [1.82, 2.24) is 20.1 Å². The summed E-state index contributed by atoms with van der Waals surface area (Å²) >= 11 is 1.51. The van der Waals surface area contributed by atoms with Crippen LogP contribution in [0.25, 0.3) is 0 Å².